The first kappa shape index (κ1) is 22.5. The van der Waals surface area contributed by atoms with Gasteiger partial charge < -0.3 is 10.1 Å². The van der Waals surface area contributed by atoms with Crippen molar-refractivity contribution in [2.45, 2.75) is 19.4 Å². The van der Waals surface area contributed by atoms with Gasteiger partial charge in [0.1, 0.15) is 0 Å². The molecule has 0 saturated carbocycles. The number of nitrogens with one attached hydrogen (secondary N) is 2. The van der Waals surface area contributed by atoms with Crippen LogP contribution in [0.4, 0.5) is 0 Å². The van der Waals surface area contributed by atoms with E-state index >= 15 is 0 Å². The molecule has 0 spiro atoms. The summed E-state index contributed by atoms with van der Waals surface area (Å²) in [7, 11) is 0. The molecule has 1 heterocycles. The van der Waals surface area contributed by atoms with Crippen molar-refractivity contribution in [1.82, 2.24) is 15.8 Å². The first-order valence-electron chi connectivity index (χ1n) is 9.71. The van der Waals surface area contributed by atoms with Gasteiger partial charge in [-0.15, -0.1) is 0 Å². The van der Waals surface area contributed by atoms with Gasteiger partial charge in [-0.25, -0.2) is 0 Å². The second kappa shape index (κ2) is 10.2. The van der Waals surface area contributed by atoms with Gasteiger partial charge in [-0.3, -0.25) is 29.6 Å². The fourth-order valence-electron chi connectivity index (χ4n) is 3.12. The molecule has 0 aliphatic carbocycles. The van der Waals surface area contributed by atoms with Crippen molar-refractivity contribution in [1.29, 1.82) is 0 Å². The molecule has 0 unspecified atom stereocenters. The van der Waals surface area contributed by atoms with Gasteiger partial charge in [-0.05, 0) is 36.8 Å². The highest BCUT2D eigenvalue weighted by Gasteiger charge is 2.36. The number of hydrazine groups is 1. The highest BCUT2D eigenvalue weighted by molar-refractivity contribution is 9.10. The summed E-state index contributed by atoms with van der Waals surface area (Å²) in [6.45, 7) is 1.38. The van der Waals surface area contributed by atoms with Gasteiger partial charge in [-0.1, -0.05) is 46.3 Å². The quantitative estimate of drug-likeness (QED) is 0.583. The molecule has 0 radical (unpaired) electrons. The Hall–Kier alpha value is -3.20. The van der Waals surface area contributed by atoms with Gasteiger partial charge in [0.15, 0.2) is 6.61 Å². The van der Waals surface area contributed by atoms with E-state index < -0.39 is 36.2 Å². The summed E-state index contributed by atoms with van der Waals surface area (Å²) in [6, 6.07) is 15.8. The van der Waals surface area contributed by atoms with Crippen LogP contribution in [0.5, 0.6) is 0 Å². The minimum Gasteiger partial charge on any atom is -0.455 e. The molecule has 1 aliphatic heterocycles. The van der Waals surface area contributed by atoms with Gasteiger partial charge >= 0.3 is 5.97 Å². The Morgan fingerprint density at radius 1 is 1.13 bits per heavy atom. The number of rotatable bonds is 7. The van der Waals surface area contributed by atoms with Crippen molar-refractivity contribution in [2.24, 2.45) is 5.92 Å². The van der Waals surface area contributed by atoms with Crippen LogP contribution in [0.25, 0.3) is 0 Å². The van der Waals surface area contributed by atoms with E-state index in [-0.39, 0.29) is 19.0 Å². The van der Waals surface area contributed by atoms with Crippen molar-refractivity contribution in [3.63, 3.8) is 0 Å². The number of amides is 3. The van der Waals surface area contributed by atoms with Crippen LogP contribution in [0.1, 0.15) is 35.3 Å². The lowest BCUT2D eigenvalue weighted by Crippen LogP contribution is -2.43. The van der Waals surface area contributed by atoms with E-state index in [0.29, 0.717) is 5.56 Å². The Bertz CT molecular complexity index is 965. The third-order valence-corrected chi connectivity index (χ3v) is 5.35. The molecule has 2 aromatic rings. The average Bonchev–Trinajstić information content (AvgIpc) is 3.13. The molecule has 2 aromatic carbocycles. The number of carbonyl (C=O) groups excluding carboxylic acids is 4. The molecule has 2 atom stereocenters. The maximum atomic E-state index is 12.3. The molecule has 1 fully saturated rings. The molecule has 162 valence electrons. The highest BCUT2D eigenvalue weighted by Crippen LogP contribution is 2.18. The van der Waals surface area contributed by atoms with Crippen molar-refractivity contribution >= 4 is 39.6 Å². The number of hydrogen-bond donors (Lipinski definition) is 2. The number of carbonyl (C=O) groups is 4. The van der Waals surface area contributed by atoms with Gasteiger partial charge in [0.05, 0.1) is 18.5 Å². The molecule has 1 aliphatic rings. The molecular weight excluding hydrogens is 466 g/mol. The SMILES string of the molecule is C[C@H](NC(=O)COC(=O)[C@@H]1CC(=O)N(NC(=O)c2ccc(Br)cc2)C1)c1ccccc1. The lowest BCUT2D eigenvalue weighted by molar-refractivity contribution is -0.152. The summed E-state index contributed by atoms with van der Waals surface area (Å²) < 4.78 is 5.90. The summed E-state index contributed by atoms with van der Waals surface area (Å²) in [4.78, 5) is 48.8. The first-order chi connectivity index (χ1) is 14.8. The Balaban J connectivity index is 1.45. The van der Waals surface area contributed by atoms with E-state index in [1.54, 1.807) is 24.3 Å². The van der Waals surface area contributed by atoms with E-state index in [4.69, 9.17) is 4.74 Å². The smallest absolute Gasteiger partial charge is 0.311 e. The predicted octanol–water partition coefficient (Wildman–Crippen LogP) is 2.36. The molecule has 2 N–H and O–H groups in total. The Morgan fingerprint density at radius 2 is 1.81 bits per heavy atom. The van der Waals surface area contributed by atoms with Crippen molar-refractivity contribution in [2.75, 3.05) is 13.2 Å². The molecule has 3 rings (SSSR count). The zero-order chi connectivity index (χ0) is 22.4. The largest absolute Gasteiger partial charge is 0.455 e. The summed E-state index contributed by atoms with van der Waals surface area (Å²) in [5.74, 6) is -2.69. The molecular formula is C22H22BrN3O5. The maximum absolute atomic E-state index is 12.3. The van der Waals surface area contributed by atoms with Crippen LogP contribution in [0, 0.1) is 5.92 Å². The number of hydrogen-bond acceptors (Lipinski definition) is 5. The van der Waals surface area contributed by atoms with Crippen LogP contribution in [-0.4, -0.2) is 41.9 Å². The minimum absolute atomic E-state index is 0.0119. The Labute approximate surface area is 188 Å². The Morgan fingerprint density at radius 3 is 2.48 bits per heavy atom. The van der Waals surface area contributed by atoms with E-state index in [0.717, 1.165) is 15.0 Å². The molecule has 8 nitrogen and oxygen atoms in total. The number of halogens is 1. The fraction of sp³-hybridized carbons (Fsp3) is 0.273. The maximum Gasteiger partial charge on any atom is 0.311 e. The molecule has 3 amide bonds. The molecule has 9 heteroatoms. The summed E-state index contributed by atoms with van der Waals surface area (Å²) in [5, 5.41) is 3.86. The van der Waals surface area contributed by atoms with Crippen LogP contribution >= 0.6 is 15.9 Å². The minimum atomic E-state index is -0.753. The van der Waals surface area contributed by atoms with E-state index in [1.165, 1.54) is 0 Å². The highest BCUT2D eigenvalue weighted by atomic mass is 79.9. The molecule has 31 heavy (non-hydrogen) atoms. The second-order valence-electron chi connectivity index (χ2n) is 7.16. The summed E-state index contributed by atoms with van der Waals surface area (Å²) in [5.41, 5.74) is 3.81. The van der Waals surface area contributed by atoms with E-state index in [2.05, 4.69) is 26.7 Å². The number of nitrogens with zero attached hydrogens (tertiary/aromatic N) is 1. The van der Waals surface area contributed by atoms with E-state index in [1.807, 2.05) is 37.3 Å². The molecule has 1 saturated heterocycles. The lowest BCUT2D eigenvalue weighted by atomic mass is 10.1. The topological polar surface area (TPSA) is 105 Å². The van der Waals surface area contributed by atoms with Crippen molar-refractivity contribution in [3.8, 4) is 0 Å². The van der Waals surface area contributed by atoms with Crippen molar-refractivity contribution in [3.05, 3.63) is 70.2 Å². The second-order valence-corrected chi connectivity index (χ2v) is 8.08. The van der Waals surface area contributed by atoms with Crippen LogP contribution < -0.4 is 10.7 Å². The molecule has 0 bridgehead atoms. The van der Waals surface area contributed by atoms with Crippen LogP contribution in [0.15, 0.2) is 59.1 Å². The van der Waals surface area contributed by atoms with Gasteiger partial charge in [0.2, 0.25) is 5.91 Å². The van der Waals surface area contributed by atoms with Crippen LogP contribution in [0.3, 0.4) is 0 Å². The van der Waals surface area contributed by atoms with Crippen LogP contribution in [-0.2, 0) is 19.1 Å². The number of benzene rings is 2. The monoisotopic (exact) mass is 487 g/mol. The number of ether oxygens (including phenoxy) is 1. The summed E-state index contributed by atoms with van der Waals surface area (Å²) >= 11 is 3.29. The zero-order valence-corrected chi connectivity index (χ0v) is 18.4. The third kappa shape index (κ3) is 6.14. The van der Waals surface area contributed by atoms with Crippen molar-refractivity contribution < 1.29 is 23.9 Å². The normalized spacial score (nSPS) is 16.5. The molecule has 0 aromatic heterocycles. The van der Waals surface area contributed by atoms with E-state index in [9.17, 15) is 19.2 Å². The standard InChI is InChI=1S/C22H22BrN3O5/c1-14(15-5-3-2-4-6-15)24-19(27)13-31-22(30)17-11-20(28)26(12-17)25-21(29)16-7-9-18(23)10-8-16/h2-10,14,17H,11-13H2,1H3,(H,24,27)(H,25,29)/t14-,17+/m0/s1. The first-order valence-corrected chi connectivity index (χ1v) is 10.5. The van der Waals surface area contributed by atoms with Gasteiger partial charge in [0.25, 0.3) is 11.8 Å². The summed E-state index contributed by atoms with van der Waals surface area (Å²) in [6.07, 6.45) is -0.0957. The predicted molar refractivity (Wildman–Crippen MR) is 115 cm³/mol. The average molecular weight is 488 g/mol. The van der Waals surface area contributed by atoms with Gasteiger partial charge in [-0.2, -0.15) is 0 Å². The third-order valence-electron chi connectivity index (χ3n) is 4.82. The zero-order valence-electron chi connectivity index (χ0n) is 16.8. The lowest BCUT2D eigenvalue weighted by Gasteiger charge is -2.18. The number of esters is 1. The van der Waals surface area contributed by atoms with Gasteiger partial charge in [0, 0.05) is 16.5 Å². The van der Waals surface area contributed by atoms with Crippen LogP contribution in [0.2, 0.25) is 0 Å². The fourth-order valence-corrected chi connectivity index (χ4v) is 3.39. The Kier molecular flexibility index (Phi) is 7.41.